The van der Waals surface area contributed by atoms with Crippen LogP contribution in [0, 0.1) is 17.0 Å². The van der Waals surface area contributed by atoms with Gasteiger partial charge in [-0.2, -0.15) is 0 Å². The van der Waals surface area contributed by atoms with Crippen LogP contribution in [0.15, 0.2) is 83.8 Å². The highest BCUT2D eigenvalue weighted by atomic mass is 32.2. The molecule has 0 spiro atoms. The van der Waals surface area contributed by atoms with Gasteiger partial charge in [0.1, 0.15) is 12.6 Å². The first kappa shape index (κ1) is 31.3. The summed E-state index contributed by atoms with van der Waals surface area (Å²) >= 11 is 0. The Morgan fingerprint density at radius 2 is 1.61 bits per heavy atom. The second-order valence-electron chi connectivity index (χ2n) is 9.85. The van der Waals surface area contributed by atoms with E-state index in [0.717, 1.165) is 21.5 Å². The van der Waals surface area contributed by atoms with Crippen LogP contribution in [0.25, 0.3) is 0 Å². The third kappa shape index (κ3) is 7.91. The van der Waals surface area contributed by atoms with E-state index in [1.807, 2.05) is 45.0 Å². The lowest BCUT2D eigenvalue weighted by molar-refractivity contribution is -0.384. The summed E-state index contributed by atoms with van der Waals surface area (Å²) in [7, 11) is -4.32. The van der Waals surface area contributed by atoms with Gasteiger partial charge in [0.2, 0.25) is 11.8 Å². The minimum atomic E-state index is -4.32. The molecule has 218 valence electrons. The number of aryl methyl sites for hydroxylation is 1. The van der Waals surface area contributed by atoms with Crippen molar-refractivity contribution in [3.05, 3.63) is 100 Å². The zero-order valence-corrected chi connectivity index (χ0v) is 24.5. The molecule has 41 heavy (non-hydrogen) atoms. The number of nitrogens with zero attached hydrogens (tertiary/aromatic N) is 3. The number of nitrogens with one attached hydrogen (secondary N) is 1. The van der Waals surface area contributed by atoms with Crippen molar-refractivity contribution >= 4 is 33.2 Å². The summed E-state index contributed by atoms with van der Waals surface area (Å²) in [6, 6.07) is 19.2. The number of hydrogen-bond acceptors (Lipinski definition) is 6. The molecule has 0 aliphatic heterocycles. The molecule has 0 aliphatic rings. The maximum atomic E-state index is 14.1. The predicted octanol–water partition coefficient (Wildman–Crippen LogP) is 4.82. The fourth-order valence-corrected chi connectivity index (χ4v) is 5.69. The SMILES string of the molecule is CCC(C)NC(=O)C(CC)N(Cc1ccc(C)cc1)C(=O)CN(c1cccc([N+](=O)[O-])c1)S(=O)(=O)c1ccccc1. The molecule has 2 amide bonds. The van der Waals surface area contributed by atoms with Gasteiger partial charge in [-0.25, -0.2) is 8.42 Å². The summed E-state index contributed by atoms with van der Waals surface area (Å²) in [6.07, 6.45) is 0.992. The molecule has 0 aromatic heterocycles. The maximum Gasteiger partial charge on any atom is 0.271 e. The number of benzene rings is 3. The Bertz CT molecular complexity index is 1460. The van der Waals surface area contributed by atoms with Crippen molar-refractivity contribution in [2.24, 2.45) is 0 Å². The van der Waals surface area contributed by atoms with Crippen LogP contribution >= 0.6 is 0 Å². The van der Waals surface area contributed by atoms with Crippen molar-refractivity contribution in [2.75, 3.05) is 10.8 Å². The van der Waals surface area contributed by atoms with Crippen LogP contribution < -0.4 is 9.62 Å². The molecule has 3 aromatic carbocycles. The van der Waals surface area contributed by atoms with E-state index in [9.17, 15) is 28.1 Å². The summed E-state index contributed by atoms with van der Waals surface area (Å²) in [5.74, 6) is -0.960. The minimum absolute atomic E-state index is 0.0382. The van der Waals surface area contributed by atoms with Gasteiger partial charge in [-0.3, -0.25) is 24.0 Å². The van der Waals surface area contributed by atoms with Crippen LogP contribution in [-0.4, -0.2) is 48.7 Å². The van der Waals surface area contributed by atoms with Crippen LogP contribution in [0.3, 0.4) is 0 Å². The van der Waals surface area contributed by atoms with Gasteiger partial charge in [0.05, 0.1) is 15.5 Å². The number of anilines is 1. The van der Waals surface area contributed by atoms with E-state index in [2.05, 4.69) is 5.32 Å². The molecule has 2 atom stereocenters. The summed E-state index contributed by atoms with van der Waals surface area (Å²) in [4.78, 5) is 39.5. The fraction of sp³-hybridized carbons (Fsp3) is 0.333. The van der Waals surface area contributed by atoms with E-state index < -0.39 is 33.4 Å². The molecule has 0 fully saturated rings. The number of nitro groups is 1. The molecule has 0 heterocycles. The van der Waals surface area contributed by atoms with E-state index in [1.165, 1.54) is 35.2 Å². The van der Waals surface area contributed by atoms with Gasteiger partial charge < -0.3 is 10.2 Å². The van der Waals surface area contributed by atoms with Gasteiger partial charge in [-0.05, 0) is 50.5 Å². The average molecular weight is 581 g/mol. The third-order valence-corrected chi connectivity index (χ3v) is 8.59. The Morgan fingerprint density at radius 3 is 2.20 bits per heavy atom. The van der Waals surface area contributed by atoms with Crippen molar-refractivity contribution in [2.45, 2.75) is 64.1 Å². The Kier molecular flexibility index (Phi) is 10.6. The van der Waals surface area contributed by atoms with Gasteiger partial charge in [-0.15, -0.1) is 0 Å². The molecule has 1 N–H and O–H groups in total. The first-order chi connectivity index (χ1) is 19.5. The molecule has 3 rings (SSSR count). The van der Waals surface area contributed by atoms with Crippen LogP contribution in [0.2, 0.25) is 0 Å². The molecule has 0 radical (unpaired) electrons. The van der Waals surface area contributed by atoms with Crippen molar-refractivity contribution in [1.82, 2.24) is 10.2 Å². The smallest absolute Gasteiger partial charge is 0.271 e. The summed E-state index contributed by atoms with van der Waals surface area (Å²) < 4.78 is 28.5. The zero-order chi connectivity index (χ0) is 30.2. The Morgan fingerprint density at radius 1 is 0.951 bits per heavy atom. The number of hydrogen-bond donors (Lipinski definition) is 1. The Balaban J connectivity index is 2.08. The molecule has 10 nitrogen and oxygen atoms in total. The van der Waals surface area contributed by atoms with Crippen LogP contribution in [0.1, 0.15) is 44.7 Å². The molecular weight excluding hydrogens is 544 g/mol. The molecule has 11 heteroatoms. The molecule has 3 aromatic rings. The van der Waals surface area contributed by atoms with Gasteiger partial charge in [-0.1, -0.05) is 67.9 Å². The number of sulfonamides is 1. The highest BCUT2D eigenvalue weighted by Gasteiger charge is 2.34. The monoisotopic (exact) mass is 580 g/mol. The van der Waals surface area contributed by atoms with E-state index in [-0.39, 0.29) is 34.8 Å². The zero-order valence-electron chi connectivity index (χ0n) is 23.7. The number of carbonyl (C=O) groups excluding carboxylic acids is 2. The summed E-state index contributed by atoms with van der Waals surface area (Å²) in [5, 5.41) is 14.4. The second-order valence-corrected chi connectivity index (χ2v) is 11.7. The lowest BCUT2D eigenvalue weighted by atomic mass is 10.1. The van der Waals surface area contributed by atoms with Crippen LogP contribution in [-0.2, 0) is 26.2 Å². The van der Waals surface area contributed by atoms with Gasteiger partial charge in [0.15, 0.2) is 0 Å². The van der Waals surface area contributed by atoms with Crippen molar-refractivity contribution < 1.29 is 22.9 Å². The first-order valence-corrected chi connectivity index (χ1v) is 14.9. The van der Waals surface area contributed by atoms with Gasteiger partial charge in [0.25, 0.3) is 15.7 Å². The number of amides is 2. The van der Waals surface area contributed by atoms with Crippen LogP contribution in [0.4, 0.5) is 11.4 Å². The largest absolute Gasteiger partial charge is 0.352 e. The molecular formula is C30H36N4O6S. The van der Waals surface area contributed by atoms with E-state index in [1.54, 1.807) is 25.1 Å². The number of nitro benzene ring substituents is 1. The Labute approximate surface area is 241 Å². The highest BCUT2D eigenvalue weighted by molar-refractivity contribution is 7.92. The lowest BCUT2D eigenvalue weighted by Gasteiger charge is -2.33. The normalized spacial score (nSPS) is 12.7. The van der Waals surface area contributed by atoms with Gasteiger partial charge >= 0.3 is 0 Å². The van der Waals surface area contributed by atoms with Crippen LogP contribution in [0.5, 0.6) is 0 Å². The van der Waals surface area contributed by atoms with E-state index in [4.69, 9.17) is 0 Å². The number of rotatable bonds is 13. The standard InChI is InChI=1S/C30H36N4O6S/c1-5-23(4)31-30(36)28(6-2)32(20-24-17-15-22(3)16-18-24)29(35)21-33(25-11-10-12-26(19-25)34(37)38)41(39,40)27-13-8-7-9-14-27/h7-19,23,28H,5-6,20-21H2,1-4H3,(H,31,36). The number of carbonyl (C=O) groups is 2. The second kappa shape index (κ2) is 13.9. The Hall–Kier alpha value is -4.25. The average Bonchev–Trinajstić information content (AvgIpc) is 2.97. The first-order valence-electron chi connectivity index (χ1n) is 13.5. The highest BCUT2D eigenvalue weighted by Crippen LogP contribution is 2.28. The predicted molar refractivity (Wildman–Crippen MR) is 158 cm³/mol. The molecule has 0 aliphatic carbocycles. The van der Waals surface area contributed by atoms with Crippen molar-refractivity contribution in [1.29, 1.82) is 0 Å². The summed E-state index contributed by atoms with van der Waals surface area (Å²) in [5.41, 5.74) is 1.44. The number of non-ortho nitro benzene ring substituents is 1. The maximum absolute atomic E-state index is 14.1. The topological polar surface area (TPSA) is 130 Å². The van der Waals surface area contributed by atoms with E-state index >= 15 is 0 Å². The fourth-order valence-electron chi connectivity index (χ4n) is 4.26. The van der Waals surface area contributed by atoms with E-state index in [0.29, 0.717) is 12.8 Å². The molecule has 0 bridgehead atoms. The summed E-state index contributed by atoms with van der Waals surface area (Å²) in [6.45, 7) is 6.93. The minimum Gasteiger partial charge on any atom is -0.352 e. The quantitative estimate of drug-likeness (QED) is 0.228. The van der Waals surface area contributed by atoms with Crippen molar-refractivity contribution in [3.8, 4) is 0 Å². The molecule has 0 saturated heterocycles. The van der Waals surface area contributed by atoms with Crippen molar-refractivity contribution in [3.63, 3.8) is 0 Å². The lowest BCUT2D eigenvalue weighted by Crippen LogP contribution is -2.53. The molecule has 2 unspecified atom stereocenters. The molecule has 0 saturated carbocycles. The van der Waals surface area contributed by atoms with Gasteiger partial charge in [0, 0.05) is 24.7 Å². The third-order valence-electron chi connectivity index (χ3n) is 6.80.